The molecule has 33 heavy (non-hydrogen) atoms. The third kappa shape index (κ3) is 5.78. The number of alkyl halides is 3. The molecule has 2 saturated carbocycles. The Morgan fingerprint density at radius 1 is 1.00 bits per heavy atom. The van der Waals surface area contributed by atoms with Crippen molar-refractivity contribution in [3.63, 3.8) is 0 Å². The molecule has 1 N–H and O–H groups in total. The first-order valence-corrected chi connectivity index (χ1v) is 11.4. The Balaban J connectivity index is 1.34. The highest BCUT2D eigenvalue weighted by Gasteiger charge is 2.37. The van der Waals surface area contributed by atoms with Crippen LogP contribution in [0.5, 0.6) is 0 Å². The van der Waals surface area contributed by atoms with Gasteiger partial charge >= 0.3 is 6.18 Å². The number of nitrogens with one attached hydrogen (secondary N) is 1. The molecule has 2 aliphatic rings. The van der Waals surface area contributed by atoms with Crippen LogP contribution in [0.15, 0.2) is 36.5 Å². The molecule has 1 aromatic heterocycles. The van der Waals surface area contributed by atoms with Crippen molar-refractivity contribution in [3.05, 3.63) is 64.7 Å². The first kappa shape index (κ1) is 23.4. The molecule has 0 bridgehead atoms. The molecule has 0 saturated heterocycles. The molecule has 4 nitrogen and oxygen atoms in total. The van der Waals surface area contributed by atoms with Gasteiger partial charge in [-0.1, -0.05) is 18.9 Å². The van der Waals surface area contributed by atoms with Gasteiger partial charge in [0.1, 0.15) is 11.5 Å². The average molecular weight is 462 g/mol. The third-order valence-electron chi connectivity index (χ3n) is 6.68. The SMILES string of the molecule is O=C(NCCC1CC1)c1ccc(C2CCC(C(=O)c3cc(F)ccc3C(F)(F)F)CC2)cn1. The van der Waals surface area contributed by atoms with Crippen LogP contribution in [0.4, 0.5) is 17.6 Å². The summed E-state index contributed by atoms with van der Waals surface area (Å²) >= 11 is 0. The number of Topliss-reactive ketones (excluding diaryl/α,β-unsaturated/α-hetero) is 1. The summed E-state index contributed by atoms with van der Waals surface area (Å²) in [4.78, 5) is 29.3. The van der Waals surface area contributed by atoms with Crippen LogP contribution in [0, 0.1) is 17.7 Å². The molecule has 1 amide bonds. The number of carbonyl (C=O) groups is 2. The van der Waals surface area contributed by atoms with Gasteiger partial charge in [-0.3, -0.25) is 14.6 Å². The topological polar surface area (TPSA) is 59.1 Å². The Morgan fingerprint density at radius 3 is 2.33 bits per heavy atom. The van der Waals surface area contributed by atoms with Gasteiger partial charge in [-0.25, -0.2) is 4.39 Å². The Hall–Kier alpha value is -2.77. The number of pyridine rings is 1. The van der Waals surface area contributed by atoms with Gasteiger partial charge in [-0.2, -0.15) is 13.2 Å². The van der Waals surface area contributed by atoms with Crippen LogP contribution in [0.2, 0.25) is 0 Å². The molecule has 2 aromatic rings. The van der Waals surface area contributed by atoms with Crippen LogP contribution in [0.1, 0.15) is 82.8 Å². The summed E-state index contributed by atoms with van der Waals surface area (Å²) in [5, 5.41) is 2.88. The van der Waals surface area contributed by atoms with Gasteiger partial charge in [0.05, 0.1) is 5.56 Å². The second kappa shape index (κ2) is 9.61. The number of benzene rings is 1. The molecule has 0 unspecified atom stereocenters. The molecule has 0 aliphatic heterocycles. The standard InChI is InChI=1S/C25H26F4N2O2/c26-19-8-9-21(25(27,28)29)20(13-19)23(32)17-5-3-16(4-6-17)18-7-10-22(31-14-18)24(33)30-12-11-15-1-2-15/h7-10,13-17H,1-6,11-12H2,(H,30,33). The highest BCUT2D eigenvalue weighted by atomic mass is 19.4. The van der Waals surface area contributed by atoms with E-state index in [2.05, 4.69) is 10.3 Å². The van der Waals surface area contributed by atoms with Crippen molar-refractivity contribution in [1.82, 2.24) is 10.3 Å². The smallest absolute Gasteiger partial charge is 0.351 e. The maximum Gasteiger partial charge on any atom is 0.417 e. The molecular formula is C25H26F4N2O2. The van der Waals surface area contributed by atoms with E-state index in [-0.39, 0.29) is 11.8 Å². The molecule has 4 rings (SSSR count). The van der Waals surface area contributed by atoms with E-state index in [1.165, 1.54) is 12.8 Å². The second-order valence-corrected chi connectivity index (χ2v) is 9.07. The van der Waals surface area contributed by atoms with Crippen LogP contribution in [-0.2, 0) is 6.18 Å². The number of amides is 1. The predicted molar refractivity (Wildman–Crippen MR) is 114 cm³/mol. The van der Waals surface area contributed by atoms with Gasteiger partial charge in [0, 0.05) is 24.2 Å². The minimum absolute atomic E-state index is 0.114. The van der Waals surface area contributed by atoms with E-state index in [0.29, 0.717) is 50.1 Å². The summed E-state index contributed by atoms with van der Waals surface area (Å²) < 4.78 is 53.4. The highest BCUT2D eigenvalue weighted by molar-refractivity contribution is 5.99. The quantitative estimate of drug-likeness (QED) is 0.410. The van der Waals surface area contributed by atoms with Crippen LogP contribution in [-0.4, -0.2) is 23.2 Å². The van der Waals surface area contributed by atoms with Crippen molar-refractivity contribution in [2.24, 2.45) is 11.8 Å². The number of rotatable bonds is 7. The zero-order valence-electron chi connectivity index (χ0n) is 18.1. The Morgan fingerprint density at radius 2 is 1.73 bits per heavy atom. The summed E-state index contributed by atoms with van der Waals surface area (Å²) in [5.74, 6) is -1.44. The van der Waals surface area contributed by atoms with Gasteiger partial charge < -0.3 is 5.32 Å². The molecule has 0 atom stereocenters. The Kier molecular flexibility index (Phi) is 6.81. The molecule has 0 spiro atoms. The fraction of sp³-hybridized carbons (Fsp3) is 0.480. The second-order valence-electron chi connectivity index (χ2n) is 9.07. The van der Waals surface area contributed by atoms with Gasteiger partial charge in [0.2, 0.25) is 0 Å². The number of ketones is 1. The van der Waals surface area contributed by atoms with Crippen molar-refractivity contribution in [2.45, 2.75) is 57.0 Å². The van der Waals surface area contributed by atoms with E-state index in [0.717, 1.165) is 24.0 Å². The van der Waals surface area contributed by atoms with Crippen molar-refractivity contribution < 1.29 is 27.2 Å². The van der Waals surface area contributed by atoms with Gasteiger partial charge in [-0.05, 0) is 73.8 Å². The van der Waals surface area contributed by atoms with E-state index < -0.39 is 34.8 Å². The lowest BCUT2D eigenvalue weighted by molar-refractivity contribution is -0.138. The Labute approximate surface area is 189 Å². The van der Waals surface area contributed by atoms with E-state index in [9.17, 15) is 27.2 Å². The summed E-state index contributed by atoms with van der Waals surface area (Å²) in [6.07, 6.45) is 2.48. The molecule has 1 heterocycles. The van der Waals surface area contributed by atoms with E-state index >= 15 is 0 Å². The van der Waals surface area contributed by atoms with Crippen molar-refractivity contribution >= 4 is 11.7 Å². The maximum atomic E-state index is 13.6. The number of aromatic nitrogens is 1. The molecule has 1 aromatic carbocycles. The van der Waals surface area contributed by atoms with Crippen LogP contribution < -0.4 is 5.32 Å². The lowest BCUT2D eigenvalue weighted by Crippen LogP contribution is -2.26. The van der Waals surface area contributed by atoms with Crippen molar-refractivity contribution in [2.75, 3.05) is 6.54 Å². The number of halogens is 4. The van der Waals surface area contributed by atoms with Gasteiger partial charge in [-0.15, -0.1) is 0 Å². The zero-order chi connectivity index (χ0) is 23.6. The van der Waals surface area contributed by atoms with Gasteiger partial charge in [0.25, 0.3) is 5.91 Å². The van der Waals surface area contributed by atoms with Crippen LogP contribution in [0.25, 0.3) is 0 Å². The van der Waals surface area contributed by atoms with E-state index in [4.69, 9.17) is 0 Å². The van der Waals surface area contributed by atoms with E-state index in [1.807, 2.05) is 6.07 Å². The summed E-state index contributed by atoms with van der Waals surface area (Å²) in [6.45, 7) is 0.645. The third-order valence-corrected chi connectivity index (χ3v) is 6.68. The minimum Gasteiger partial charge on any atom is -0.351 e. The zero-order valence-corrected chi connectivity index (χ0v) is 18.1. The molecule has 0 radical (unpaired) electrons. The van der Waals surface area contributed by atoms with E-state index in [1.54, 1.807) is 12.3 Å². The van der Waals surface area contributed by atoms with Crippen LogP contribution >= 0.6 is 0 Å². The molecule has 176 valence electrons. The maximum absolute atomic E-state index is 13.6. The molecule has 2 fully saturated rings. The highest BCUT2D eigenvalue weighted by Crippen LogP contribution is 2.39. The lowest BCUT2D eigenvalue weighted by Gasteiger charge is -2.28. The number of carbonyl (C=O) groups excluding carboxylic acids is 2. The number of hydrogen-bond donors (Lipinski definition) is 1. The average Bonchev–Trinajstić information content (AvgIpc) is 3.62. The lowest BCUT2D eigenvalue weighted by atomic mass is 9.76. The number of hydrogen-bond acceptors (Lipinski definition) is 3. The number of nitrogens with zero attached hydrogens (tertiary/aromatic N) is 1. The summed E-state index contributed by atoms with van der Waals surface area (Å²) in [6, 6.07) is 5.57. The van der Waals surface area contributed by atoms with Crippen LogP contribution in [0.3, 0.4) is 0 Å². The van der Waals surface area contributed by atoms with Crippen molar-refractivity contribution in [3.8, 4) is 0 Å². The summed E-state index contributed by atoms with van der Waals surface area (Å²) in [5.41, 5.74) is -0.391. The first-order chi connectivity index (χ1) is 15.7. The normalized spacial score (nSPS) is 21.0. The molecule has 8 heteroatoms. The fourth-order valence-corrected chi connectivity index (χ4v) is 4.54. The first-order valence-electron chi connectivity index (χ1n) is 11.4. The monoisotopic (exact) mass is 462 g/mol. The predicted octanol–water partition coefficient (Wildman–Crippen LogP) is 5.93. The molecule has 2 aliphatic carbocycles. The fourth-order valence-electron chi connectivity index (χ4n) is 4.54. The van der Waals surface area contributed by atoms with Crippen molar-refractivity contribution in [1.29, 1.82) is 0 Å². The van der Waals surface area contributed by atoms with Gasteiger partial charge in [0.15, 0.2) is 5.78 Å². The molecular weight excluding hydrogens is 436 g/mol. The summed E-state index contributed by atoms with van der Waals surface area (Å²) in [7, 11) is 0. The Bertz CT molecular complexity index is 1010. The largest absolute Gasteiger partial charge is 0.417 e. The minimum atomic E-state index is -4.71.